The highest BCUT2D eigenvalue weighted by atomic mass is 16.4. The molecule has 6 nitrogen and oxygen atoms in total. The molecule has 2 heterocycles. The van der Waals surface area contributed by atoms with E-state index in [0.717, 1.165) is 5.82 Å². The minimum absolute atomic E-state index is 0.183. The molecular formula is C13H16N4O2. The van der Waals surface area contributed by atoms with Gasteiger partial charge in [-0.3, -0.25) is 4.40 Å². The molecule has 0 atom stereocenters. The number of aromatic carboxylic acids is 1. The van der Waals surface area contributed by atoms with Gasteiger partial charge in [-0.2, -0.15) is 0 Å². The van der Waals surface area contributed by atoms with E-state index in [1.165, 1.54) is 25.7 Å². The third kappa shape index (κ3) is 2.31. The number of aromatic nitrogens is 3. The van der Waals surface area contributed by atoms with Gasteiger partial charge in [0.15, 0.2) is 11.5 Å². The number of carboxylic acids is 1. The highest BCUT2D eigenvalue weighted by Gasteiger charge is 2.17. The molecule has 1 aliphatic rings. The van der Waals surface area contributed by atoms with Crippen molar-refractivity contribution in [3.63, 3.8) is 0 Å². The van der Waals surface area contributed by atoms with Crippen LogP contribution in [0.1, 0.15) is 41.9 Å². The molecule has 0 radical (unpaired) electrons. The summed E-state index contributed by atoms with van der Waals surface area (Å²) in [5.74, 6) is -0.224. The van der Waals surface area contributed by atoms with E-state index in [1.807, 2.05) is 0 Å². The zero-order valence-electron chi connectivity index (χ0n) is 10.5. The summed E-state index contributed by atoms with van der Waals surface area (Å²) in [4.78, 5) is 11.1. The normalized spacial score (nSPS) is 16.2. The summed E-state index contributed by atoms with van der Waals surface area (Å²) in [6.45, 7) is 0.620. The summed E-state index contributed by atoms with van der Waals surface area (Å²) < 4.78 is 1.74. The van der Waals surface area contributed by atoms with E-state index >= 15 is 0 Å². The van der Waals surface area contributed by atoms with Crippen LogP contribution in [0.5, 0.6) is 0 Å². The molecule has 0 saturated heterocycles. The van der Waals surface area contributed by atoms with Crippen molar-refractivity contribution in [2.24, 2.45) is 0 Å². The van der Waals surface area contributed by atoms with Crippen molar-refractivity contribution in [3.05, 3.63) is 29.7 Å². The molecule has 0 amide bonds. The van der Waals surface area contributed by atoms with Gasteiger partial charge in [-0.25, -0.2) is 4.79 Å². The number of nitrogens with one attached hydrogen (secondary N) is 1. The fourth-order valence-corrected chi connectivity index (χ4v) is 2.62. The lowest BCUT2D eigenvalue weighted by atomic mass is 10.2. The summed E-state index contributed by atoms with van der Waals surface area (Å²) in [7, 11) is 0. The minimum Gasteiger partial charge on any atom is -0.478 e. The van der Waals surface area contributed by atoms with Crippen molar-refractivity contribution >= 4 is 11.6 Å². The Morgan fingerprint density at radius 2 is 2.21 bits per heavy atom. The number of pyridine rings is 1. The standard InChI is InChI=1S/C13H16N4O2/c18-13(19)10-6-3-7-17-11(15-16-12(10)17)8-14-9-4-1-2-5-9/h3,6-7,9,14H,1-2,4-5,8H2,(H,18,19). The van der Waals surface area contributed by atoms with Crippen molar-refractivity contribution in [1.82, 2.24) is 19.9 Å². The molecule has 0 bridgehead atoms. The second-order valence-electron chi connectivity index (χ2n) is 4.90. The first-order valence-electron chi connectivity index (χ1n) is 6.55. The Morgan fingerprint density at radius 3 is 2.95 bits per heavy atom. The third-order valence-corrected chi connectivity index (χ3v) is 3.64. The molecule has 3 rings (SSSR count). The molecule has 0 spiro atoms. The molecule has 0 unspecified atom stereocenters. The maximum atomic E-state index is 11.1. The van der Waals surface area contributed by atoms with Gasteiger partial charge in [-0.05, 0) is 25.0 Å². The maximum absolute atomic E-state index is 11.1. The zero-order valence-corrected chi connectivity index (χ0v) is 10.5. The number of carboxylic acid groups (broad SMARTS) is 1. The zero-order chi connectivity index (χ0) is 13.2. The monoisotopic (exact) mass is 260 g/mol. The lowest BCUT2D eigenvalue weighted by Gasteiger charge is -2.10. The first-order chi connectivity index (χ1) is 9.25. The van der Waals surface area contributed by atoms with Crippen LogP contribution in [0.25, 0.3) is 5.65 Å². The van der Waals surface area contributed by atoms with Gasteiger partial charge in [-0.1, -0.05) is 12.8 Å². The molecule has 0 aliphatic heterocycles. The van der Waals surface area contributed by atoms with Gasteiger partial charge in [0.05, 0.1) is 6.54 Å². The van der Waals surface area contributed by atoms with Gasteiger partial charge in [0, 0.05) is 12.2 Å². The van der Waals surface area contributed by atoms with Gasteiger partial charge in [0.2, 0.25) is 0 Å². The van der Waals surface area contributed by atoms with Crippen molar-refractivity contribution in [2.45, 2.75) is 38.3 Å². The molecule has 1 aliphatic carbocycles. The molecule has 19 heavy (non-hydrogen) atoms. The van der Waals surface area contributed by atoms with E-state index in [0.29, 0.717) is 18.2 Å². The van der Waals surface area contributed by atoms with Crippen molar-refractivity contribution < 1.29 is 9.90 Å². The highest BCUT2D eigenvalue weighted by molar-refractivity contribution is 5.94. The first kappa shape index (κ1) is 12.1. The molecule has 6 heteroatoms. The Bertz CT molecular complexity index is 602. The van der Waals surface area contributed by atoms with Crippen LogP contribution in [0.2, 0.25) is 0 Å². The Morgan fingerprint density at radius 1 is 1.42 bits per heavy atom. The van der Waals surface area contributed by atoms with Crippen LogP contribution < -0.4 is 5.32 Å². The van der Waals surface area contributed by atoms with Crippen LogP contribution in [0.15, 0.2) is 18.3 Å². The number of carbonyl (C=O) groups is 1. The predicted molar refractivity (Wildman–Crippen MR) is 69.0 cm³/mol. The molecule has 0 aromatic carbocycles. The Labute approximate surface area is 110 Å². The van der Waals surface area contributed by atoms with Gasteiger partial charge >= 0.3 is 5.97 Å². The van der Waals surface area contributed by atoms with Crippen LogP contribution in [0, 0.1) is 0 Å². The second-order valence-corrected chi connectivity index (χ2v) is 4.90. The summed E-state index contributed by atoms with van der Waals surface area (Å²) in [5, 5.41) is 20.6. The average molecular weight is 260 g/mol. The summed E-state index contributed by atoms with van der Waals surface area (Å²) in [6.07, 6.45) is 6.77. The molecule has 1 fully saturated rings. The van der Waals surface area contributed by atoms with Crippen LogP contribution in [-0.4, -0.2) is 31.7 Å². The van der Waals surface area contributed by atoms with Gasteiger partial charge in [0.1, 0.15) is 5.56 Å². The van der Waals surface area contributed by atoms with E-state index < -0.39 is 5.97 Å². The lowest BCUT2D eigenvalue weighted by molar-refractivity contribution is 0.0698. The van der Waals surface area contributed by atoms with Gasteiger partial charge < -0.3 is 10.4 Å². The number of nitrogens with zero attached hydrogens (tertiary/aromatic N) is 3. The van der Waals surface area contributed by atoms with Crippen LogP contribution >= 0.6 is 0 Å². The Balaban J connectivity index is 1.84. The van der Waals surface area contributed by atoms with Crippen LogP contribution in [0.4, 0.5) is 0 Å². The lowest BCUT2D eigenvalue weighted by Crippen LogP contribution is -2.26. The van der Waals surface area contributed by atoms with Gasteiger partial charge in [-0.15, -0.1) is 10.2 Å². The molecule has 2 aromatic rings. The number of fused-ring (bicyclic) bond motifs is 1. The molecule has 100 valence electrons. The van der Waals surface area contributed by atoms with E-state index in [2.05, 4.69) is 15.5 Å². The fourth-order valence-electron chi connectivity index (χ4n) is 2.62. The first-order valence-corrected chi connectivity index (χ1v) is 6.55. The van der Waals surface area contributed by atoms with Crippen molar-refractivity contribution in [2.75, 3.05) is 0 Å². The van der Waals surface area contributed by atoms with E-state index in [9.17, 15) is 4.79 Å². The maximum Gasteiger partial charge on any atom is 0.339 e. The summed E-state index contributed by atoms with van der Waals surface area (Å²) >= 11 is 0. The van der Waals surface area contributed by atoms with Crippen molar-refractivity contribution in [1.29, 1.82) is 0 Å². The average Bonchev–Trinajstić information content (AvgIpc) is 3.05. The molecular weight excluding hydrogens is 244 g/mol. The molecule has 1 saturated carbocycles. The third-order valence-electron chi connectivity index (χ3n) is 3.64. The second kappa shape index (κ2) is 4.97. The van der Waals surface area contributed by atoms with Crippen LogP contribution in [-0.2, 0) is 6.54 Å². The smallest absolute Gasteiger partial charge is 0.339 e. The number of rotatable bonds is 4. The summed E-state index contributed by atoms with van der Waals surface area (Å²) in [5.41, 5.74) is 0.584. The molecule has 2 aromatic heterocycles. The predicted octanol–water partition coefficient (Wildman–Crippen LogP) is 1.46. The largest absolute Gasteiger partial charge is 0.478 e. The van der Waals surface area contributed by atoms with E-state index in [1.54, 1.807) is 22.7 Å². The quantitative estimate of drug-likeness (QED) is 0.870. The molecule has 2 N–H and O–H groups in total. The number of hydrogen-bond donors (Lipinski definition) is 2. The minimum atomic E-state index is -0.978. The summed E-state index contributed by atoms with van der Waals surface area (Å²) in [6, 6.07) is 3.80. The van der Waals surface area contributed by atoms with E-state index in [4.69, 9.17) is 5.11 Å². The number of hydrogen-bond acceptors (Lipinski definition) is 4. The highest BCUT2D eigenvalue weighted by Crippen LogP contribution is 2.18. The van der Waals surface area contributed by atoms with Crippen molar-refractivity contribution in [3.8, 4) is 0 Å². The van der Waals surface area contributed by atoms with E-state index in [-0.39, 0.29) is 5.56 Å². The Hall–Kier alpha value is -1.95. The topological polar surface area (TPSA) is 79.5 Å². The fraction of sp³-hybridized carbons (Fsp3) is 0.462. The van der Waals surface area contributed by atoms with Crippen LogP contribution in [0.3, 0.4) is 0 Å². The Kier molecular flexibility index (Phi) is 3.16. The SMILES string of the molecule is O=C(O)c1cccn2c(CNC3CCCC3)nnc12. The van der Waals surface area contributed by atoms with Gasteiger partial charge in [0.25, 0.3) is 0 Å².